The number of aliphatic hydroxyl groups is 36. The first-order valence-corrected chi connectivity index (χ1v) is 42.2. The molecule has 0 amide bonds. The number of ether oxygens (including phenoxy) is 21. The van der Waals surface area contributed by atoms with Crippen LogP contribution in [0.15, 0.2) is 0 Å². The molecular weight excluding hydrogens is 1890 g/mol. The van der Waals surface area contributed by atoms with Gasteiger partial charge in [0.25, 0.3) is 5.79 Å². The van der Waals surface area contributed by atoms with Crippen molar-refractivity contribution < 1.29 is 313 Å². The third-order valence-electron chi connectivity index (χ3n) is 24.8. The van der Waals surface area contributed by atoms with Gasteiger partial charge in [-0.25, -0.2) is 14.4 Å². The highest BCUT2D eigenvalue weighted by molar-refractivity contribution is 5.75. The van der Waals surface area contributed by atoms with E-state index in [0.29, 0.717) is 0 Å². The third kappa shape index (κ3) is 23.6. The molecule has 11 aliphatic heterocycles. The molecule has 41 N–H and O–H groups in total. The minimum absolute atomic E-state index is 0.913. The van der Waals surface area contributed by atoms with E-state index in [1.165, 1.54) is 0 Å². The van der Waals surface area contributed by atoms with Crippen molar-refractivity contribution in [2.75, 3.05) is 59.5 Å². The van der Waals surface area contributed by atoms with Crippen LogP contribution in [0.3, 0.4) is 0 Å². The number of carboxylic acids is 3. The monoisotopic (exact) mass is 2010 g/mol. The van der Waals surface area contributed by atoms with E-state index in [1.54, 1.807) is 0 Å². The predicted molar refractivity (Wildman–Crippen MR) is 401 cm³/mol. The van der Waals surface area contributed by atoms with Crippen LogP contribution in [0.2, 0.25) is 0 Å². The Balaban J connectivity index is 0.887. The second kappa shape index (κ2) is 47.5. The van der Waals surface area contributed by atoms with Crippen molar-refractivity contribution in [3.63, 3.8) is 0 Å². The highest BCUT2D eigenvalue weighted by atomic mass is 16.8. The molecule has 11 fully saturated rings. The summed E-state index contributed by atoms with van der Waals surface area (Å²) in [6, 6.07) is -2.17. The maximum absolute atomic E-state index is 13.7. The molecule has 0 aromatic carbocycles. The van der Waals surface area contributed by atoms with Gasteiger partial charge in [-0.1, -0.05) is 0 Å². The van der Waals surface area contributed by atoms with Crippen LogP contribution in [0.1, 0.15) is 6.42 Å². The van der Waals surface area contributed by atoms with Crippen LogP contribution in [-0.2, 0) is 114 Å². The highest BCUT2D eigenvalue weighted by Gasteiger charge is 2.65. The maximum Gasteiger partial charge on any atom is 0.364 e. The summed E-state index contributed by atoms with van der Waals surface area (Å²) in [4.78, 5) is 37.9. The molecule has 0 bridgehead atoms. The first-order valence-electron chi connectivity index (χ1n) is 42.2. The second-order valence-electron chi connectivity index (χ2n) is 34.0. The number of aliphatic carboxylic acids is 3. The number of aliphatic hydroxyl groups excluding tert-OH is 35. The molecule has 0 radical (unpaired) electrons. The summed E-state index contributed by atoms with van der Waals surface area (Å²) >= 11 is 0. The summed E-state index contributed by atoms with van der Waals surface area (Å²) in [6.45, 7) is -11.3. The number of hydrogen-bond acceptors (Lipinski definition) is 61. The number of nitrogens with two attached hydrogens (primary N) is 1. The Hall–Kier alpha value is -3.91. The molecule has 136 heavy (non-hydrogen) atoms. The molecule has 0 aliphatic carbocycles. The number of carbonyl (C=O) groups is 3. The molecular formula is C72H119NO63. The van der Waals surface area contributed by atoms with Crippen LogP contribution in [0.5, 0.6) is 0 Å². The third-order valence-corrected chi connectivity index (χ3v) is 24.8. The summed E-state index contributed by atoms with van der Waals surface area (Å²) in [5.74, 6) is -9.73. The zero-order valence-corrected chi connectivity index (χ0v) is 70.4. The fourth-order valence-corrected chi connectivity index (χ4v) is 16.9. The van der Waals surface area contributed by atoms with Crippen molar-refractivity contribution in [3.05, 3.63) is 0 Å². The second-order valence-corrected chi connectivity index (χ2v) is 34.0. The first-order chi connectivity index (χ1) is 64.0. The topological polar surface area (TPSA) is 1060 Å². The molecule has 0 aromatic heterocycles. The van der Waals surface area contributed by atoms with Crippen molar-refractivity contribution in [1.29, 1.82) is 0 Å². The van der Waals surface area contributed by atoms with Crippen molar-refractivity contribution >= 4 is 17.9 Å². The molecule has 64 heteroatoms. The van der Waals surface area contributed by atoms with Crippen molar-refractivity contribution in [1.82, 2.24) is 0 Å². The lowest BCUT2D eigenvalue weighted by Gasteiger charge is -2.51. The Morgan fingerprint density at radius 2 is 0.632 bits per heavy atom. The highest BCUT2D eigenvalue weighted by Crippen LogP contribution is 2.43. The molecule has 0 saturated carbocycles. The van der Waals surface area contributed by atoms with Crippen LogP contribution in [0.4, 0.5) is 0 Å². The standard InChI is InChI=1S/C72H119NO63/c73-21-25(89)51(128-66-38(102)28(92)24(88)20(122-66)10-118-62-35(99)26(90)22(86)17(5-77)119-62)19(7-79)121-61(21)130-53-42(106)56(133-68-40(104)29(93)32(96)45(124-68)12(81)2-74)70(135-58(53)60(111)112)129-52-41(105)47(16(85)9-116-63-36(100)31(95)34(98)55(132-63)59(109)110)123-64(43(52)107)117-8-15(84)46-33(97)30(94)39(103)67(125-46)131-54-44(108)69(126-48-11(80)1-72(115,71(113)114)136-50(48)14(83)4-76)127-49(13(82)3-75)57(54)134-65-37(101)27(91)23(87)18(6-78)120-65/h11-58,61-70,74-108,115H,1-10,73H2,(H,109,110)(H,111,112)(H,113,114)/t11-,12?,13+,14-,15+,16-,17-,18-,19-,20-,21-,22-,23-,24-,25-,26+,27+,28+,29+,30+,31+,32+,33+,34-,35-,36-,37-,38-,39+,40+,41-,42+,43+,44+,45-,46-,47-,48+,49-,50-,51-,52+,53-,54-,55+,56-,57-,58+,61-,62+,63-,64+,65+,66-,67-,68-,69+,70-,72-/m1/s1. The van der Waals surface area contributed by atoms with Gasteiger partial charge in [0.2, 0.25) is 0 Å². The van der Waals surface area contributed by atoms with Crippen molar-refractivity contribution in [2.45, 2.75) is 368 Å². The van der Waals surface area contributed by atoms with Gasteiger partial charge in [-0.3, -0.25) is 0 Å². The predicted octanol–water partition coefficient (Wildman–Crippen LogP) is -27.5. The number of carboxylic acid groups (broad SMARTS) is 3. The van der Waals surface area contributed by atoms with Gasteiger partial charge in [0.15, 0.2) is 75.1 Å². The van der Waals surface area contributed by atoms with Crippen LogP contribution in [0, 0.1) is 0 Å². The Bertz CT molecular complexity index is 3720. The van der Waals surface area contributed by atoms with Gasteiger partial charge < -0.3 is 304 Å². The number of hydrogen-bond donors (Lipinski definition) is 40. The van der Waals surface area contributed by atoms with Gasteiger partial charge in [-0.15, -0.1) is 0 Å². The lowest BCUT2D eigenvalue weighted by molar-refractivity contribution is -0.405. The van der Waals surface area contributed by atoms with E-state index in [1.807, 2.05) is 0 Å². The van der Waals surface area contributed by atoms with E-state index in [0.717, 1.165) is 0 Å². The Labute approximate surface area is 762 Å². The molecule has 790 valence electrons. The van der Waals surface area contributed by atoms with Crippen LogP contribution in [-0.4, -0.2) is 638 Å². The molecule has 64 nitrogen and oxygen atoms in total. The van der Waals surface area contributed by atoms with E-state index in [2.05, 4.69) is 0 Å². The fraction of sp³-hybridized carbons (Fsp3) is 0.958. The number of rotatable bonds is 37. The Morgan fingerprint density at radius 1 is 0.287 bits per heavy atom. The fourth-order valence-electron chi connectivity index (χ4n) is 16.9. The van der Waals surface area contributed by atoms with E-state index >= 15 is 0 Å². The minimum atomic E-state index is -3.35. The van der Waals surface area contributed by atoms with Gasteiger partial charge >= 0.3 is 17.9 Å². The quantitative estimate of drug-likeness (QED) is 0.0275. The zero-order valence-electron chi connectivity index (χ0n) is 70.4. The molecule has 0 aromatic rings. The normalized spacial score (nSPS) is 50.6. The zero-order chi connectivity index (χ0) is 101. The summed E-state index contributed by atoms with van der Waals surface area (Å²) < 4.78 is 119. The SMILES string of the molecule is N[C@H]1[C@@H](O[C@@H]2[C@H](O)[C@@H](O[C@H]3O[C@H](C(O)CO)[C@@H](O)[C@H](O)[C@@H]3O)[C@H](O[C@@H]3[C@H](O)[C@@H](OC[C@H](O)[C@H]4O[C@H](O[C@@H]5[C@H](O)[C@@H](O[C@@H]6[C@@H]([C@H](O)CO)O[C@@](O)(C(=O)O)C[C@H]6O)O[C@H]([C@@H](O)CO)[C@H]5O[C@@H]5O[C@H](CO)[C@@H](O)[C@H](O)[C@H]5O)[C@@H](O)[C@@H](O)[C@@H]4O)O[C@H]([C@H](O)CO[C@@H]4O[C@H](C(=O)O)[C@H](O)[C@H](O)[C@H]4O)[C@H]3O)O[C@@H]2C(=O)O)O[C@H](CO)[C@@H](O[C@H]2O[C@H](CO[C@H]3O[C@H](CO)[C@@H](O)[C@H](O)[C@H]3O)[C@@H](O)[C@H](O)[C@H]2O)[C@@H]1O. The van der Waals surface area contributed by atoms with Crippen molar-refractivity contribution in [3.8, 4) is 0 Å². The van der Waals surface area contributed by atoms with Gasteiger partial charge in [0, 0.05) is 6.42 Å². The molecule has 11 heterocycles. The minimum Gasteiger partial charge on any atom is -0.479 e. The largest absolute Gasteiger partial charge is 0.479 e. The van der Waals surface area contributed by atoms with Gasteiger partial charge in [-0.2, -0.15) is 0 Å². The van der Waals surface area contributed by atoms with E-state index in [-0.39, 0.29) is 0 Å². The van der Waals surface area contributed by atoms with Gasteiger partial charge in [-0.05, 0) is 0 Å². The van der Waals surface area contributed by atoms with Gasteiger partial charge in [0.05, 0.1) is 71.6 Å². The molecule has 11 saturated heterocycles. The van der Waals surface area contributed by atoms with E-state index in [4.69, 9.17) is 105 Å². The Morgan fingerprint density at radius 3 is 1.13 bits per heavy atom. The molecule has 1 unspecified atom stereocenters. The Kier molecular flexibility index (Phi) is 39.3. The average molecular weight is 2010 g/mol. The van der Waals surface area contributed by atoms with E-state index in [9.17, 15) is 214 Å². The average Bonchev–Trinajstić information content (AvgIpc) is 0.757. The maximum atomic E-state index is 13.7. The van der Waals surface area contributed by atoms with E-state index < -0.39 is 445 Å². The molecule has 11 aliphatic rings. The first kappa shape index (κ1) is 112. The molecule has 0 spiro atoms. The van der Waals surface area contributed by atoms with Gasteiger partial charge in [0.1, 0.15) is 269 Å². The summed E-state index contributed by atoms with van der Waals surface area (Å²) in [5, 5.41) is 429. The van der Waals surface area contributed by atoms with Crippen LogP contribution >= 0.6 is 0 Å². The van der Waals surface area contributed by atoms with Crippen LogP contribution in [0.25, 0.3) is 0 Å². The molecule has 11 rings (SSSR count). The lowest BCUT2D eigenvalue weighted by atomic mass is 9.91. The summed E-state index contributed by atoms with van der Waals surface area (Å²) in [6.07, 6.45) is -138. The lowest BCUT2D eigenvalue weighted by Crippen LogP contribution is -2.70. The summed E-state index contributed by atoms with van der Waals surface area (Å²) in [7, 11) is 0. The smallest absolute Gasteiger partial charge is 0.364 e. The molecule has 59 atom stereocenters. The van der Waals surface area contributed by atoms with Crippen LogP contribution < -0.4 is 5.73 Å². The summed E-state index contributed by atoms with van der Waals surface area (Å²) in [5.41, 5.74) is 6.43. The van der Waals surface area contributed by atoms with Crippen molar-refractivity contribution in [2.24, 2.45) is 5.73 Å².